The third-order valence-electron chi connectivity index (χ3n) is 6.03. The van der Waals surface area contributed by atoms with Gasteiger partial charge in [0.1, 0.15) is 0 Å². The average Bonchev–Trinajstić information content (AvgIpc) is 3.24. The molecule has 3 unspecified atom stereocenters. The fourth-order valence-corrected chi connectivity index (χ4v) is 4.34. The van der Waals surface area contributed by atoms with Crippen LogP contribution in [-0.4, -0.2) is 70.6 Å². The Balaban J connectivity index is 0.00000341. The minimum atomic E-state index is 0. The Bertz CT molecular complexity index is 656. The van der Waals surface area contributed by atoms with Gasteiger partial charge in [-0.25, -0.2) is 0 Å². The number of guanidine groups is 1. The van der Waals surface area contributed by atoms with Crippen molar-refractivity contribution < 1.29 is 14.2 Å². The van der Waals surface area contributed by atoms with Crippen LogP contribution in [0.15, 0.2) is 29.3 Å². The third kappa shape index (κ3) is 8.18. The zero-order valence-corrected chi connectivity index (χ0v) is 21.7. The van der Waals surface area contributed by atoms with Crippen LogP contribution in [-0.2, 0) is 14.2 Å². The molecule has 0 saturated carbocycles. The van der Waals surface area contributed by atoms with Crippen LogP contribution in [0.4, 0.5) is 0 Å². The Hall–Kier alpha value is -0.900. The normalized spacial score (nSPS) is 24.2. The summed E-state index contributed by atoms with van der Waals surface area (Å²) < 4.78 is 17.0. The number of aryl methyl sites for hydroxylation is 1. The molecule has 2 heterocycles. The summed E-state index contributed by atoms with van der Waals surface area (Å²) >= 11 is 0. The molecule has 1 N–H and O–H groups in total. The number of rotatable bonds is 9. The minimum absolute atomic E-state index is 0. The lowest BCUT2D eigenvalue weighted by atomic mass is 9.89. The number of hydrogen-bond donors (Lipinski definition) is 1. The van der Waals surface area contributed by atoms with E-state index in [1.54, 1.807) is 7.11 Å². The monoisotopic (exact) mass is 545 g/mol. The van der Waals surface area contributed by atoms with E-state index in [9.17, 15) is 0 Å². The van der Waals surface area contributed by atoms with Crippen molar-refractivity contribution >= 4 is 29.9 Å². The van der Waals surface area contributed by atoms with Crippen LogP contribution in [0, 0.1) is 18.8 Å². The lowest BCUT2D eigenvalue weighted by Crippen LogP contribution is -2.41. The second-order valence-corrected chi connectivity index (χ2v) is 8.47. The first-order chi connectivity index (χ1) is 14.7. The van der Waals surface area contributed by atoms with Gasteiger partial charge in [-0.3, -0.25) is 4.99 Å². The average molecular weight is 546 g/mol. The van der Waals surface area contributed by atoms with Gasteiger partial charge in [0.2, 0.25) is 0 Å². The van der Waals surface area contributed by atoms with Crippen molar-refractivity contribution in [3.05, 3.63) is 35.4 Å². The molecular weight excluding hydrogens is 505 g/mol. The molecule has 6 nitrogen and oxygen atoms in total. The van der Waals surface area contributed by atoms with E-state index in [1.807, 2.05) is 0 Å². The molecule has 0 bridgehead atoms. The molecule has 0 radical (unpaired) electrons. The van der Waals surface area contributed by atoms with Crippen molar-refractivity contribution in [2.24, 2.45) is 16.8 Å². The predicted octanol–water partition coefficient (Wildman–Crippen LogP) is 4.03. The van der Waals surface area contributed by atoms with Crippen molar-refractivity contribution in [1.29, 1.82) is 0 Å². The van der Waals surface area contributed by atoms with Gasteiger partial charge < -0.3 is 24.4 Å². The number of methoxy groups -OCH3 is 1. The molecule has 31 heavy (non-hydrogen) atoms. The summed E-state index contributed by atoms with van der Waals surface area (Å²) in [6, 6.07) is 8.78. The van der Waals surface area contributed by atoms with Crippen molar-refractivity contribution in [3.63, 3.8) is 0 Å². The van der Waals surface area contributed by atoms with Gasteiger partial charge in [0.15, 0.2) is 5.96 Å². The van der Waals surface area contributed by atoms with Crippen LogP contribution in [0.5, 0.6) is 0 Å². The second-order valence-electron chi connectivity index (χ2n) is 8.47. The van der Waals surface area contributed by atoms with E-state index in [0.29, 0.717) is 25.0 Å². The quantitative estimate of drug-likeness (QED) is 0.220. The molecule has 2 aliphatic heterocycles. The molecule has 0 spiro atoms. The van der Waals surface area contributed by atoms with Gasteiger partial charge in [-0.15, -0.1) is 24.0 Å². The molecule has 3 atom stereocenters. The smallest absolute Gasteiger partial charge is 0.193 e. The summed E-state index contributed by atoms with van der Waals surface area (Å²) in [6.07, 6.45) is 3.57. The number of benzene rings is 1. The molecule has 2 saturated heterocycles. The molecule has 176 valence electrons. The molecule has 2 aliphatic rings. The molecule has 2 fully saturated rings. The van der Waals surface area contributed by atoms with E-state index in [-0.39, 0.29) is 30.1 Å². The Morgan fingerprint density at radius 3 is 2.77 bits per heavy atom. The van der Waals surface area contributed by atoms with Gasteiger partial charge in [-0.05, 0) is 38.7 Å². The van der Waals surface area contributed by atoms with E-state index in [1.165, 1.54) is 11.1 Å². The van der Waals surface area contributed by atoms with Crippen LogP contribution < -0.4 is 5.32 Å². The highest BCUT2D eigenvalue weighted by Gasteiger charge is 2.29. The van der Waals surface area contributed by atoms with E-state index in [2.05, 4.69) is 48.3 Å². The van der Waals surface area contributed by atoms with Crippen molar-refractivity contribution in [1.82, 2.24) is 10.2 Å². The van der Waals surface area contributed by atoms with Crippen LogP contribution in [0.1, 0.15) is 43.4 Å². The Morgan fingerprint density at radius 1 is 1.23 bits per heavy atom. The molecule has 3 rings (SSSR count). The second kappa shape index (κ2) is 14.3. The first-order valence-electron chi connectivity index (χ1n) is 11.5. The summed E-state index contributed by atoms with van der Waals surface area (Å²) in [5.74, 6) is 2.01. The van der Waals surface area contributed by atoms with Crippen LogP contribution in [0.3, 0.4) is 0 Å². The number of halogens is 1. The number of likely N-dealkylation sites (tertiary alicyclic amines) is 1. The Kier molecular flexibility index (Phi) is 12.1. The molecule has 1 aromatic carbocycles. The molecular formula is C24H40IN3O3. The number of hydrogen-bond acceptors (Lipinski definition) is 4. The van der Waals surface area contributed by atoms with Crippen molar-refractivity contribution in [2.75, 3.05) is 59.7 Å². The minimum Gasteiger partial charge on any atom is -0.382 e. The molecule has 0 aromatic heterocycles. The number of aliphatic imine (C=N–C) groups is 1. The van der Waals surface area contributed by atoms with E-state index in [0.717, 1.165) is 64.6 Å². The van der Waals surface area contributed by atoms with Crippen molar-refractivity contribution in [3.8, 4) is 0 Å². The number of nitrogens with zero attached hydrogens (tertiary/aromatic N) is 2. The maximum absolute atomic E-state index is 6.19. The molecule has 7 heteroatoms. The Morgan fingerprint density at radius 2 is 2.03 bits per heavy atom. The standard InChI is InChI=1S/C24H39N3O3.HI/c1-4-25-24(27-12-11-20(17-27)18-29-15-14-28-3)26-16-22-6-5-13-30-23(22)21-9-7-19(2)8-10-21;/h7-10,20,22-23H,4-6,11-18H2,1-3H3,(H,25,26);1H. The lowest BCUT2D eigenvalue weighted by Gasteiger charge is -2.32. The summed E-state index contributed by atoms with van der Waals surface area (Å²) in [6.45, 7) is 10.9. The van der Waals surface area contributed by atoms with Crippen molar-refractivity contribution in [2.45, 2.75) is 39.2 Å². The summed E-state index contributed by atoms with van der Waals surface area (Å²) in [5, 5.41) is 3.50. The largest absolute Gasteiger partial charge is 0.382 e. The lowest BCUT2D eigenvalue weighted by molar-refractivity contribution is -0.0250. The van der Waals surface area contributed by atoms with Gasteiger partial charge in [0.25, 0.3) is 0 Å². The highest BCUT2D eigenvalue weighted by atomic mass is 127. The van der Waals surface area contributed by atoms with E-state index >= 15 is 0 Å². The van der Waals surface area contributed by atoms with Crippen LogP contribution >= 0.6 is 24.0 Å². The SMILES string of the molecule is CCNC(=NCC1CCCOC1c1ccc(C)cc1)N1CCC(COCCOC)C1.I. The number of ether oxygens (including phenoxy) is 3. The van der Waals surface area contributed by atoms with Gasteiger partial charge in [0, 0.05) is 51.7 Å². The van der Waals surface area contributed by atoms with Crippen LogP contribution in [0.2, 0.25) is 0 Å². The highest BCUT2D eigenvalue weighted by Crippen LogP contribution is 2.34. The zero-order chi connectivity index (χ0) is 21.2. The first kappa shape index (κ1) is 26.4. The summed E-state index contributed by atoms with van der Waals surface area (Å²) in [4.78, 5) is 7.43. The van der Waals surface area contributed by atoms with E-state index < -0.39 is 0 Å². The van der Waals surface area contributed by atoms with Gasteiger partial charge >= 0.3 is 0 Å². The summed E-state index contributed by atoms with van der Waals surface area (Å²) in [7, 11) is 1.71. The number of nitrogens with one attached hydrogen (secondary N) is 1. The molecule has 0 aliphatic carbocycles. The first-order valence-corrected chi connectivity index (χ1v) is 11.5. The third-order valence-corrected chi connectivity index (χ3v) is 6.03. The fourth-order valence-electron chi connectivity index (χ4n) is 4.34. The highest BCUT2D eigenvalue weighted by molar-refractivity contribution is 14.0. The maximum Gasteiger partial charge on any atom is 0.193 e. The maximum atomic E-state index is 6.19. The summed E-state index contributed by atoms with van der Waals surface area (Å²) in [5.41, 5.74) is 2.56. The Labute approximate surface area is 205 Å². The van der Waals surface area contributed by atoms with Gasteiger partial charge in [0.05, 0.1) is 25.9 Å². The zero-order valence-electron chi connectivity index (χ0n) is 19.3. The van der Waals surface area contributed by atoms with Crippen LogP contribution in [0.25, 0.3) is 0 Å². The fraction of sp³-hybridized carbons (Fsp3) is 0.708. The van der Waals surface area contributed by atoms with E-state index in [4.69, 9.17) is 19.2 Å². The van der Waals surface area contributed by atoms with Gasteiger partial charge in [-0.1, -0.05) is 29.8 Å². The molecule has 0 amide bonds. The van der Waals surface area contributed by atoms with Gasteiger partial charge in [-0.2, -0.15) is 0 Å². The predicted molar refractivity (Wildman–Crippen MR) is 136 cm³/mol. The topological polar surface area (TPSA) is 55.3 Å². The molecule has 1 aromatic rings.